The van der Waals surface area contributed by atoms with E-state index in [9.17, 15) is 13.2 Å². The van der Waals surface area contributed by atoms with Crippen molar-refractivity contribution in [1.29, 1.82) is 0 Å². The number of guanidine groups is 1. The fourth-order valence-electron chi connectivity index (χ4n) is 3.33. The van der Waals surface area contributed by atoms with Crippen molar-refractivity contribution in [2.45, 2.75) is 57.9 Å². The molecule has 29 heavy (non-hydrogen) atoms. The zero-order valence-electron chi connectivity index (χ0n) is 16.8. The maximum Gasteiger partial charge on any atom is 0.416 e. The van der Waals surface area contributed by atoms with Crippen LogP contribution < -0.4 is 10.6 Å². The standard InChI is InChI=1S/C20H26F3N5.HI/c1-13(2)28-12-15-7-8-17(10-18(15)27-28)26-19(24-3)25-11-14-5-4-6-16(9-14)20(21,22)23;/h4-6,9,12-13,17H,7-8,10-11H2,1-3H3,(H2,24,25,26);1H. The van der Waals surface area contributed by atoms with E-state index in [0.29, 0.717) is 17.6 Å². The number of aliphatic imine (C=N–C) groups is 1. The van der Waals surface area contributed by atoms with Crippen LogP contribution in [0.1, 0.15) is 48.7 Å². The molecular weight excluding hydrogens is 494 g/mol. The van der Waals surface area contributed by atoms with Crippen LogP contribution in [0.5, 0.6) is 0 Å². The van der Waals surface area contributed by atoms with Gasteiger partial charge < -0.3 is 10.6 Å². The molecule has 0 radical (unpaired) electrons. The molecule has 0 spiro atoms. The van der Waals surface area contributed by atoms with Crippen molar-refractivity contribution < 1.29 is 13.2 Å². The summed E-state index contributed by atoms with van der Waals surface area (Å²) in [4.78, 5) is 4.20. The molecule has 1 aliphatic carbocycles. The summed E-state index contributed by atoms with van der Waals surface area (Å²) in [5.74, 6) is 0.578. The molecule has 1 heterocycles. The normalized spacial score (nSPS) is 16.9. The molecule has 3 rings (SSSR count). The number of hydrogen-bond acceptors (Lipinski definition) is 2. The Morgan fingerprint density at radius 2 is 2.10 bits per heavy atom. The number of hydrogen-bond donors (Lipinski definition) is 2. The fraction of sp³-hybridized carbons (Fsp3) is 0.500. The monoisotopic (exact) mass is 521 g/mol. The fourth-order valence-corrected chi connectivity index (χ4v) is 3.33. The molecule has 1 atom stereocenters. The van der Waals surface area contributed by atoms with E-state index in [2.05, 4.69) is 40.8 Å². The first kappa shape index (κ1) is 23.5. The lowest BCUT2D eigenvalue weighted by Crippen LogP contribution is -2.45. The van der Waals surface area contributed by atoms with E-state index in [0.717, 1.165) is 37.1 Å². The van der Waals surface area contributed by atoms with Gasteiger partial charge in [0.05, 0.1) is 11.3 Å². The highest BCUT2D eigenvalue weighted by molar-refractivity contribution is 14.0. The molecule has 2 aromatic rings. The largest absolute Gasteiger partial charge is 0.416 e. The first-order valence-electron chi connectivity index (χ1n) is 9.46. The molecule has 2 N–H and O–H groups in total. The lowest BCUT2D eigenvalue weighted by Gasteiger charge is -2.24. The molecule has 0 amide bonds. The van der Waals surface area contributed by atoms with E-state index in [1.165, 1.54) is 11.6 Å². The van der Waals surface area contributed by atoms with Gasteiger partial charge in [-0.1, -0.05) is 12.1 Å². The van der Waals surface area contributed by atoms with Crippen LogP contribution in [-0.2, 0) is 25.6 Å². The zero-order chi connectivity index (χ0) is 20.3. The first-order chi connectivity index (χ1) is 13.3. The lowest BCUT2D eigenvalue weighted by molar-refractivity contribution is -0.137. The third-order valence-electron chi connectivity index (χ3n) is 4.90. The summed E-state index contributed by atoms with van der Waals surface area (Å²) in [7, 11) is 1.66. The maximum atomic E-state index is 12.9. The maximum absolute atomic E-state index is 12.9. The lowest BCUT2D eigenvalue weighted by atomic mass is 9.94. The second-order valence-electron chi connectivity index (χ2n) is 7.38. The second kappa shape index (κ2) is 9.82. The average molecular weight is 521 g/mol. The van der Waals surface area contributed by atoms with E-state index in [1.54, 1.807) is 13.1 Å². The Labute approximate surface area is 186 Å². The van der Waals surface area contributed by atoms with Crippen molar-refractivity contribution in [3.63, 3.8) is 0 Å². The number of rotatable bonds is 4. The predicted molar refractivity (Wildman–Crippen MR) is 119 cm³/mol. The highest BCUT2D eigenvalue weighted by atomic mass is 127. The minimum atomic E-state index is -4.34. The molecule has 0 saturated heterocycles. The molecule has 0 aliphatic heterocycles. The van der Waals surface area contributed by atoms with Crippen LogP contribution in [0.15, 0.2) is 35.5 Å². The van der Waals surface area contributed by atoms with Crippen molar-refractivity contribution >= 4 is 29.9 Å². The summed E-state index contributed by atoms with van der Waals surface area (Å²) in [5.41, 5.74) is 2.30. The number of nitrogens with zero attached hydrogens (tertiary/aromatic N) is 3. The van der Waals surface area contributed by atoms with E-state index in [-0.39, 0.29) is 36.6 Å². The number of fused-ring (bicyclic) bond motifs is 1. The number of nitrogens with one attached hydrogen (secondary N) is 2. The van der Waals surface area contributed by atoms with Gasteiger partial charge in [-0.2, -0.15) is 18.3 Å². The summed E-state index contributed by atoms with van der Waals surface area (Å²) in [6.07, 6.45) is 0.497. The van der Waals surface area contributed by atoms with Crippen LogP contribution in [0.25, 0.3) is 0 Å². The highest BCUT2D eigenvalue weighted by Crippen LogP contribution is 2.29. The van der Waals surface area contributed by atoms with E-state index >= 15 is 0 Å². The SMILES string of the molecule is CN=C(NCc1cccc(C(F)(F)F)c1)NC1CCc2cn(C(C)C)nc2C1.I. The van der Waals surface area contributed by atoms with Crippen LogP contribution in [0, 0.1) is 0 Å². The van der Waals surface area contributed by atoms with Gasteiger partial charge in [0.15, 0.2) is 5.96 Å². The Morgan fingerprint density at radius 3 is 2.76 bits per heavy atom. The topological polar surface area (TPSA) is 54.2 Å². The van der Waals surface area contributed by atoms with Crippen LogP contribution in [0.3, 0.4) is 0 Å². The number of benzene rings is 1. The predicted octanol–water partition coefficient (Wildman–Crippen LogP) is 4.32. The van der Waals surface area contributed by atoms with Gasteiger partial charge in [-0.3, -0.25) is 9.67 Å². The van der Waals surface area contributed by atoms with Crippen molar-refractivity contribution in [2.24, 2.45) is 4.99 Å². The third kappa shape index (κ3) is 6.10. The Bertz CT molecular complexity index is 845. The van der Waals surface area contributed by atoms with Gasteiger partial charge in [0.1, 0.15) is 0 Å². The van der Waals surface area contributed by atoms with Crippen molar-refractivity contribution in [3.8, 4) is 0 Å². The van der Waals surface area contributed by atoms with Gasteiger partial charge in [-0.15, -0.1) is 24.0 Å². The third-order valence-corrected chi connectivity index (χ3v) is 4.90. The summed E-state index contributed by atoms with van der Waals surface area (Å²) < 4.78 is 40.5. The van der Waals surface area contributed by atoms with E-state index < -0.39 is 11.7 Å². The molecular formula is C20H27F3IN5. The molecule has 5 nitrogen and oxygen atoms in total. The van der Waals surface area contributed by atoms with Crippen LogP contribution in [0.4, 0.5) is 13.2 Å². The molecule has 0 bridgehead atoms. The summed E-state index contributed by atoms with van der Waals surface area (Å²) >= 11 is 0. The first-order valence-corrected chi connectivity index (χ1v) is 9.46. The summed E-state index contributed by atoms with van der Waals surface area (Å²) in [5, 5.41) is 11.1. The zero-order valence-corrected chi connectivity index (χ0v) is 19.1. The number of aryl methyl sites for hydroxylation is 1. The Balaban J connectivity index is 0.00000300. The summed E-state index contributed by atoms with van der Waals surface area (Å²) in [6, 6.07) is 5.85. The Hall–Kier alpha value is -1.78. The van der Waals surface area contributed by atoms with Crippen LogP contribution >= 0.6 is 24.0 Å². The van der Waals surface area contributed by atoms with Gasteiger partial charge >= 0.3 is 6.18 Å². The van der Waals surface area contributed by atoms with Crippen molar-refractivity contribution in [2.75, 3.05) is 7.05 Å². The van der Waals surface area contributed by atoms with Crippen LogP contribution in [0.2, 0.25) is 0 Å². The minimum absolute atomic E-state index is 0. The molecule has 1 aromatic heterocycles. The summed E-state index contributed by atoms with van der Waals surface area (Å²) in [6.45, 7) is 4.48. The van der Waals surface area contributed by atoms with Gasteiger partial charge in [-0.25, -0.2) is 0 Å². The molecule has 1 aromatic carbocycles. The van der Waals surface area contributed by atoms with Gasteiger partial charge in [-0.05, 0) is 49.9 Å². The van der Waals surface area contributed by atoms with Crippen molar-refractivity contribution in [1.82, 2.24) is 20.4 Å². The highest BCUT2D eigenvalue weighted by Gasteiger charge is 2.30. The van der Waals surface area contributed by atoms with Crippen LogP contribution in [-0.4, -0.2) is 28.8 Å². The smallest absolute Gasteiger partial charge is 0.353 e. The Kier molecular flexibility index (Phi) is 7.95. The molecule has 1 aliphatic rings. The van der Waals surface area contributed by atoms with E-state index in [4.69, 9.17) is 0 Å². The quantitative estimate of drug-likeness (QED) is 0.358. The average Bonchev–Trinajstić information content (AvgIpc) is 3.08. The minimum Gasteiger partial charge on any atom is -0.353 e. The number of alkyl halides is 3. The number of aromatic nitrogens is 2. The number of halogens is 4. The molecule has 0 fully saturated rings. The van der Waals surface area contributed by atoms with Gasteiger partial charge in [0, 0.05) is 38.3 Å². The van der Waals surface area contributed by atoms with Gasteiger partial charge in [0.2, 0.25) is 0 Å². The van der Waals surface area contributed by atoms with Gasteiger partial charge in [0.25, 0.3) is 0 Å². The van der Waals surface area contributed by atoms with E-state index in [1.807, 2.05) is 4.68 Å². The molecule has 9 heteroatoms. The molecule has 1 unspecified atom stereocenters. The molecule has 160 valence electrons. The Morgan fingerprint density at radius 1 is 1.34 bits per heavy atom. The van der Waals surface area contributed by atoms with Crippen molar-refractivity contribution in [3.05, 3.63) is 52.8 Å². The molecule has 0 saturated carbocycles. The second-order valence-corrected chi connectivity index (χ2v) is 7.38.